The summed E-state index contributed by atoms with van der Waals surface area (Å²) in [6, 6.07) is 4.09. The van der Waals surface area contributed by atoms with E-state index in [0.717, 1.165) is 4.88 Å². The van der Waals surface area contributed by atoms with Crippen molar-refractivity contribution in [3.8, 4) is 0 Å². The highest BCUT2D eigenvalue weighted by Gasteiger charge is 2.45. The molecule has 1 aromatic heterocycles. The van der Waals surface area contributed by atoms with Crippen LogP contribution in [0.2, 0.25) is 0 Å². The first-order valence-corrected chi connectivity index (χ1v) is 6.32. The second-order valence-corrected chi connectivity index (χ2v) is 6.08. The molecule has 2 heterocycles. The Labute approximate surface area is 100 Å². The van der Waals surface area contributed by atoms with E-state index >= 15 is 0 Å². The molecule has 0 aromatic carbocycles. The van der Waals surface area contributed by atoms with E-state index in [1.54, 1.807) is 11.3 Å². The van der Waals surface area contributed by atoms with Gasteiger partial charge in [-0.25, -0.2) is 4.79 Å². The lowest BCUT2D eigenvalue weighted by Gasteiger charge is -2.33. The van der Waals surface area contributed by atoms with Gasteiger partial charge < -0.3 is 4.74 Å². The Morgan fingerprint density at radius 2 is 2.12 bits per heavy atom. The maximum atomic E-state index is 11.8. The summed E-state index contributed by atoms with van der Waals surface area (Å²) in [6.45, 7) is 8.13. The van der Waals surface area contributed by atoms with Crippen LogP contribution in [0.4, 0.5) is 4.79 Å². The fourth-order valence-electron chi connectivity index (χ4n) is 2.20. The molecule has 4 heteroatoms. The Hall–Kier alpha value is -1.03. The Morgan fingerprint density at radius 3 is 2.56 bits per heavy atom. The van der Waals surface area contributed by atoms with Gasteiger partial charge in [0.05, 0.1) is 6.04 Å². The smallest absolute Gasteiger partial charge is 0.411 e. The number of amides is 1. The zero-order chi connectivity index (χ0) is 11.9. The fraction of sp³-hybridized carbons (Fsp3) is 0.583. The van der Waals surface area contributed by atoms with Crippen molar-refractivity contribution in [2.75, 3.05) is 0 Å². The summed E-state index contributed by atoms with van der Waals surface area (Å²) in [5.74, 6) is 0. The van der Waals surface area contributed by atoms with E-state index in [1.807, 2.05) is 50.1 Å². The van der Waals surface area contributed by atoms with Crippen molar-refractivity contribution in [3.05, 3.63) is 22.4 Å². The molecule has 1 aromatic rings. The van der Waals surface area contributed by atoms with Gasteiger partial charge in [0.25, 0.3) is 0 Å². The summed E-state index contributed by atoms with van der Waals surface area (Å²) in [7, 11) is 0. The van der Waals surface area contributed by atoms with Crippen LogP contribution in [0.5, 0.6) is 0 Å². The van der Waals surface area contributed by atoms with Crippen LogP contribution in [0.25, 0.3) is 0 Å². The van der Waals surface area contributed by atoms with Crippen LogP contribution in [-0.2, 0) is 4.74 Å². The monoisotopic (exact) mass is 239 g/mol. The number of carbonyl (C=O) groups excluding carboxylic acids is 1. The van der Waals surface area contributed by atoms with Crippen LogP contribution in [0.1, 0.15) is 38.7 Å². The Balaban J connectivity index is 2.26. The first-order valence-electron chi connectivity index (χ1n) is 5.44. The standard InChI is InChI=1S/C12H17NO2S/c1-8-10(9-6-5-7-16-9)15-11(14)13(8)12(2,3)4/h5-8,10H,1-4H3/t8-,10-/m0/s1. The molecule has 1 fully saturated rings. The van der Waals surface area contributed by atoms with E-state index in [2.05, 4.69) is 0 Å². The highest BCUT2D eigenvalue weighted by molar-refractivity contribution is 7.10. The zero-order valence-electron chi connectivity index (χ0n) is 10.1. The van der Waals surface area contributed by atoms with E-state index < -0.39 is 0 Å². The van der Waals surface area contributed by atoms with Crippen LogP contribution < -0.4 is 0 Å². The van der Waals surface area contributed by atoms with Crippen LogP contribution in [0.15, 0.2) is 17.5 Å². The lowest BCUT2D eigenvalue weighted by atomic mass is 10.0. The summed E-state index contributed by atoms with van der Waals surface area (Å²) >= 11 is 1.63. The fourth-order valence-corrected chi connectivity index (χ4v) is 3.05. The molecule has 1 aliphatic heterocycles. The van der Waals surface area contributed by atoms with Gasteiger partial charge in [0.1, 0.15) is 0 Å². The summed E-state index contributed by atoms with van der Waals surface area (Å²) in [4.78, 5) is 14.8. The van der Waals surface area contributed by atoms with Gasteiger partial charge in [0.15, 0.2) is 6.10 Å². The van der Waals surface area contributed by atoms with Crippen molar-refractivity contribution in [1.82, 2.24) is 4.90 Å². The molecule has 0 unspecified atom stereocenters. The lowest BCUT2D eigenvalue weighted by molar-refractivity contribution is 0.120. The number of hydrogen-bond acceptors (Lipinski definition) is 3. The number of thiophene rings is 1. The van der Waals surface area contributed by atoms with Gasteiger partial charge in [0.2, 0.25) is 0 Å². The second kappa shape index (κ2) is 3.77. The first-order chi connectivity index (χ1) is 7.41. The first kappa shape index (κ1) is 11.5. The van der Waals surface area contributed by atoms with Gasteiger partial charge in [-0.3, -0.25) is 4.90 Å². The van der Waals surface area contributed by atoms with Crippen molar-refractivity contribution in [2.24, 2.45) is 0 Å². The Bertz CT molecular complexity index is 380. The quantitative estimate of drug-likeness (QED) is 0.751. The molecule has 16 heavy (non-hydrogen) atoms. The van der Waals surface area contributed by atoms with Crippen molar-refractivity contribution in [1.29, 1.82) is 0 Å². The molecule has 3 nitrogen and oxygen atoms in total. The van der Waals surface area contributed by atoms with E-state index in [1.165, 1.54) is 0 Å². The van der Waals surface area contributed by atoms with Gasteiger partial charge in [-0.2, -0.15) is 0 Å². The molecule has 0 bridgehead atoms. The SMILES string of the molecule is C[C@H]1[C@@H](c2cccs2)OC(=O)N1C(C)(C)C. The number of nitrogens with zero attached hydrogens (tertiary/aromatic N) is 1. The molecule has 2 atom stereocenters. The number of cyclic esters (lactones) is 1. The van der Waals surface area contributed by atoms with Crippen molar-refractivity contribution in [3.63, 3.8) is 0 Å². The van der Waals surface area contributed by atoms with Gasteiger partial charge in [-0.15, -0.1) is 11.3 Å². The van der Waals surface area contributed by atoms with Gasteiger partial charge in [-0.1, -0.05) is 6.07 Å². The number of hydrogen-bond donors (Lipinski definition) is 0. The van der Waals surface area contributed by atoms with E-state index in [0.29, 0.717) is 0 Å². The molecular formula is C12H17NO2S. The lowest BCUT2D eigenvalue weighted by Crippen LogP contribution is -2.46. The third kappa shape index (κ3) is 1.82. The molecule has 1 aliphatic rings. The molecule has 1 amide bonds. The summed E-state index contributed by atoms with van der Waals surface area (Å²) in [5.41, 5.74) is -0.192. The molecule has 88 valence electrons. The summed E-state index contributed by atoms with van der Waals surface area (Å²) in [6.07, 6.45) is -0.329. The van der Waals surface area contributed by atoms with Crippen LogP contribution in [-0.4, -0.2) is 22.6 Å². The molecular weight excluding hydrogens is 222 g/mol. The Kier molecular flexibility index (Phi) is 2.70. The van der Waals surface area contributed by atoms with E-state index in [4.69, 9.17) is 4.74 Å². The minimum absolute atomic E-state index is 0.0890. The van der Waals surface area contributed by atoms with Crippen molar-refractivity contribution < 1.29 is 9.53 Å². The van der Waals surface area contributed by atoms with E-state index in [9.17, 15) is 4.79 Å². The molecule has 1 saturated heterocycles. The number of carbonyl (C=O) groups is 1. The van der Waals surface area contributed by atoms with Gasteiger partial charge in [-0.05, 0) is 39.1 Å². The maximum Gasteiger partial charge on any atom is 0.411 e. The molecule has 2 rings (SSSR count). The molecule has 0 aliphatic carbocycles. The van der Waals surface area contributed by atoms with Crippen molar-refractivity contribution in [2.45, 2.75) is 45.4 Å². The minimum Gasteiger partial charge on any atom is -0.438 e. The number of ether oxygens (including phenoxy) is 1. The topological polar surface area (TPSA) is 29.5 Å². The number of rotatable bonds is 1. The average Bonchev–Trinajstić information content (AvgIpc) is 2.71. The van der Waals surface area contributed by atoms with Crippen LogP contribution >= 0.6 is 11.3 Å². The van der Waals surface area contributed by atoms with Crippen LogP contribution in [0, 0.1) is 0 Å². The van der Waals surface area contributed by atoms with Crippen LogP contribution in [0.3, 0.4) is 0 Å². The molecule has 0 N–H and O–H groups in total. The molecule has 0 radical (unpaired) electrons. The summed E-state index contributed by atoms with van der Waals surface area (Å²) in [5, 5.41) is 2.01. The third-order valence-corrected chi connectivity index (χ3v) is 3.75. The Morgan fingerprint density at radius 1 is 1.44 bits per heavy atom. The average molecular weight is 239 g/mol. The predicted molar refractivity (Wildman–Crippen MR) is 64.6 cm³/mol. The van der Waals surface area contributed by atoms with Gasteiger partial charge >= 0.3 is 6.09 Å². The summed E-state index contributed by atoms with van der Waals surface area (Å²) < 4.78 is 5.45. The predicted octanol–water partition coefficient (Wildman–Crippen LogP) is 3.43. The molecule has 0 saturated carbocycles. The van der Waals surface area contributed by atoms with E-state index in [-0.39, 0.29) is 23.8 Å². The van der Waals surface area contributed by atoms with Crippen molar-refractivity contribution >= 4 is 17.4 Å². The molecule has 0 spiro atoms. The second-order valence-electron chi connectivity index (χ2n) is 5.10. The maximum absolute atomic E-state index is 11.8. The zero-order valence-corrected chi connectivity index (χ0v) is 10.9. The highest BCUT2D eigenvalue weighted by Crippen LogP contribution is 2.38. The van der Waals surface area contributed by atoms with Gasteiger partial charge in [0, 0.05) is 10.4 Å². The minimum atomic E-state index is -0.210. The normalized spacial score (nSPS) is 26.0. The third-order valence-electron chi connectivity index (χ3n) is 2.82. The largest absolute Gasteiger partial charge is 0.438 e. The highest BCUT2D eigenvalue weighted by atomic mass is 32.1.